The summed E-state index contributed by atoms with van der Waals surface area (Å²) < 4.78 is 6.82. The third kappa shape index (κ3) is 3.49. The molecule has 6 atom stereocenters. The summed E-state index contributed by atoms with van der Waals surface area (Å²) >= 11 is 0. The van der Waals surface area contributed by atoms with Crippen LogP contribution in [0.1, 0.15) is 87.7 Å². The highest BCUT2D eigenvalue weighted by Crippen LogP contribution is 2.67. The average Bonchev–Trinajstić information content (AvgIpc) is 3.36. The van der Waals surface area contributed by atoms with E-state index in [2.05, 4.69) is 27.7 Å². The van der Waals surface area contributed by atoms with Crippen LogP contribution in [0.5, 0.6) is 11.5 Å². The topological polar surface area (TPSA) is 145 Å². The Hall–Kier alpha value is -2.81. The molecule has 1 aromatic rings. The van der Waals surface area contributed by atoms with E-state index in [0.29, 0.717) is 29.7 Å². The summed E-state index contributed by atoms with van der Waals surface area (Å²) in [6.07, 6.45) is 2.90. The number of phenolic OH excluding ortho intramolecular Hbond substituents is 1. The van der Waals surface area contributed by atoms with Crippen LogP contribution in [0.15, 0.2) is 6.07 Å². The maximum absolute atomic E-state index is 13.3. The Bertz CT molecular complexity index is 1180. The van der Waals surface area contributed by atoms with Crippen molar-refractivity contribution in [2.45, 2.75) is 96.9 Å². The lowest BCUT2D eigenvalue weighted by Gasteiger charge is -2.64. The molecule has 0 radical (unpaired) electrons. The number of hydrogen-bond acceptors (Lipinski definition) is 6. The molecule has 4 N–H and O–H groups in total. The fourth-order valence-corrected chi connectivity index (χ4v) is 8.20. The number of amides is 1. The number of fused-ring (bicyclic) bond motifs is 4. The Kier molecular flexibility index (Phi) is 5.83. The second-order valence-corrected chi connectivity index (χ2v) is 12.4. The number of aromatic hydroxyl groups is 1. The zero-order valence-corrected chi connectivity index (χ0v) is 21.9. The number of ether oxygens (including phenoxy) is 1. The van der Waals surface area contributed by atoms with E-state index in [1.54, 1.807) is 6.07 Å². The van der Waals surface area contributed by atoms with Crippen molar-refractivity contribution in [1.29, 1.82) is 0 Å². The lowest BCUT2D eigenvalue weighted by Crippen LogP contribution is -2.66. The molecule has 5 rings (SSSR count). The summed E-state index contributed by atoms with van der Waals surface area (Å²) in [6.45, 7) is 8.61. The van der Waals surface area contributed by atoms with Crippen LogP contribution in [-0.4, -0.2) is 60.9 Å². The first kappa shape index (κ1) is 25.8. The molecule has 202 valence electrons. The van der Waals surface area contributed by atoms with Crippen molar-refractivity contribution in [3.63, 3.8) is 0 Å². The van der Waals surface area contributed by atoms with Gasteiger partial charge in [0.2, 0.25) is 0 Å². The van der Waals surface area contributed by atoms with Crippen molar-refractivity contribution in [2.24, 2.45) is 22.7 Å². The highest BCUT2D eigenvalue weighted by atomic mass is 16.5. The van der Waals surface area contributed by atoms with Crippen molar-refractivity contribution in [3.05, 3.63) is 22.8 Å². The number of benzene rings is 1. The number of carbonyl (C=O) groups is 3. The van der Waals surface area contributed by atoms with E-state index in [1.165, 1.54) is 0 Å². The number of aliphatic hydroxyl groups is 1. The van der Waals surface area contributed by atoms with Gasteiger partial charge in [-0.25, -0.2) is 4.79 Å². The van der Waals surface area contributed by atoms with Gasteiger partial charge in [-0.05, 0) is 55.4 Å². The van der Waals surface area contributed by atoms with Gasteiger partial charge in [0.05, 0.1) is 18.2 Å². The first-order valence-corrected chi connectivity index (χ1v) is 13.2. The molecule has 4 aliphatic rings. The lowest BCUT2D eigenvalue weighted by atomic mass is 9.43. The molecule has 1 amide bonds. The van der Waals surface area contributed by atoms with Crippen molar-refractivity contribution < 1.29 is 39.5 Å². The van der Waals surface area contributed by atoms with Gasteiger partial charge >= 0.3 is 11.9 Å². The van der Waals surface area contributed by atoms with Gasteiger partial charge in [0.25, 0.3) is 5.91 Å². The molecule has 1 aromatic carbocycles. The third-order valence-electron chi connectivity index (χ3n) is 10.4. The molecular weight excluding hydrogens is 478 g/mol. The largest absolute Gasteiger partial charge is 0.507 e. The summed E-state index contributed by atoms with van der Waals surface area (Å²) in [5.74, 6) is -2.10. The van der Waals surface area contributed by atoms with E-state index in [-0.39, 0.29) is 59.5 Å². The molecule has 1 spiro atoms. The maximum atomic E-state index is 13.3. The van der Waals surface area contributed by atoms with Gasteiger partial charge in [-0.3, -0.25) is 9.59 Å². The Balaban J connectivity index is 1.50. The van der Waals surface area contributed by atoms with E-state index in [0.717, 1.165) is 24.2 Å². The van der Waals surface area contributed by atoms with Gasteiger partial charge in [-0.15, -0.1) is 0 Å². The number of phenols is 1. The number of carbonyl (C=O) groups excluding carboxylic acids is 1. The first-order valence-electron chi connectivity index (χ1n) is 13.2. The van der Waals surface area contributed by atoms with Crippen LogP contribution in [0.25, 0.3) is 0 Å². The minimum absolute atomic E-state index is 0.0318. The third-order valence-corrected chi connectivity index (χ3v) is 10.4. The Morgan fingerprint density at radius 3 is 2.51 bits per heavy atom. The van der Waals surface area contributed by atoms with Crippen LogP contribution in [0.3, 0.4) is 0 Å². The monoisotopic (exact) mass is 515 g/mol. The zero-order valence-electron chi connectivity index (χ0n) is 21.9. The number of carboxylic acids is 2. The molecule has 0 unspecified atom stereocenters. The van der Waals surface area contributed by atoms with Crippen LogP contribution in [0.2, 0.25) is 0 Å². The summed E-state index contributed by atoms with van der Waals surface area (Å²) in [4.78, 5) is 37.3. The number of aliphatic hydroxyl groups excluding tert-OH is 1. The predicted molar refractivity (Wildman–Crippen MR) is 132 cm³/mol. The lowest BCUT2D eigenvalue weighted by molar-refractivity contribution is -0.210. The Morgan fingerprint density at radius 1 is 1.16 bits per heavy atom. The highest BCUT2D eigenvalue weighted by Gasteiger charge is 2.67. The average molecular weight is 516 g/mol. The second-order valence-electron chi connectivity index (χ2n) is 12.4. The first-order chi connectivity index (χ1) is 17.2. The molecule has 2 saturated carbocycles. The molecule has 37 heavy (non-hydrogen) atoms. The van der Waals surface area contributed by atoms with E-state index in [1.807, 2.05) is 0 Å². The molecule has 0 aromatic heterocycles. The normalized spacial score (nSPS) is 34.5. The molecule has 2 aliphatic heterocycles. The maximum Gasteiger partial charge on any atom is 0.326 e. The van der Waals surface area contributed by atoms with Gasteiger partial charge in [0.1, 0.15) is 23.1 Å². The van der Waals surface area contributed by atoms with E-state index >= 15 is 0 Å². The van der Waals surface area contributed by atoms with Crippen molar-refractivity contribution in [2.75, 3.05) is 0 Å². The number of carboxylic acid groups (broad SMARTS) is 2. The minimum atomic E-state index is -1.30. The molecule has 0 saturated heterocycles. The summed E-state index contributed by atoms with van der Waals surface area (Å²) in [7, 11) is 0. The number of nitrogens with zero attached hydrogens (tertiary/aromatic N) is 1. The van der Waals surface area contributed by atoms with Crippen molar-refractivity contribution >= 4 is 17.8 Å². The van der Waals surface area contributed by atoms with E-state index in [4.69, 9.17) is 9.84 Å². The quantitative estimate of drug-likeness (QED) is 0.466. The van der Waals surface area contributed by atoms with Crippen molar-refractivity contribution in [3.8, 4) is 11.5 Å². The van der Waals surface area contributed by atoms with Crippen LogP contribution >= 0.6 is 0 Å². The molecule has 2 fully saturated rings. The van der Waals surface area contributed by atoms with Gasteiger partial charge in [-0.2, -0.15) is 0 Å². The fraction of sp³-hybridized carbons (Fsp3) is 0.679. The van der Waals surface area contributed by atoms with Crippen LogP contribution < -0.4 is 4.74 Å². The smallest absolute Gasteiger partial charge is 0.326 e. The van der Waals surface area contributed by atoms with Crippen LogP contribution in [-0.2, 0) is 22.6 Å². The van der Waals surface area contributed by atoms with Gasteiger partial charge in [-0.1, -0.05) is 27.7 Å². The molecule has 2 aliphatic carbocycles. The van der Waals surface area contributed by atoms with Gasteiger partial charge in [0, 0.05) is 29.4 Å². The summed E-state index contributed by atoms with van der Waals surface area (Å²) in [5, 5.41) is 40.9. The fourth-order valence-electron chi connectivity index (χ4n) is 8.20. The van der Waals surface area contributed by atoms with E-state index in [9.17, 15) is 29.7 Å². The molecule has 2 heterocycles. The predicted octanol–water partition coefficient (Wildman–Crippen LogP) is 3.57. The standard InChI is InChI=1S/C28H37NO8/c1-14-5-7-20-26(2,3)21(30)9-10-27(20,4)28(14)12-16-19(37-28)11-15-17(23(16)33)13-29(24(15)34)18(25(35)36)6-8-22(31)32/h11,14,18,20-21,30,33H,5-10,12-13H2,1-4H3,(H,31,32)(H,35,36)/t14-,18+,20+,21-,27-,28-/m0/s1. The number of rotatable bonds is 5. The summed E-state index contributed by atoms with van der Waals surface area (Å²) in [6, 6.07) is 0.339. The van der Waals surface area contributed by atoms with Gasteiger partial charge in [0.15, 0.2) is 0 Å². The van der Waals surface area contributed by atoms with Gasteiger partial charge < -0.3 is 30.1 Å². The zero-order chi connectivity index (χ0) is 27.1. The van der Waals surface area contributed by atoms with Crippen molar-refractivity contribution in [1.82, 2.24) is 4.90 Å². The molecular formula is C28H37NO8. The molecule has 9 nitrogen and oxygen atoms in total. The molecule has 0 bridgehead atoms. The minimum Gasteiger partial charge on any atom is -0.507 e. The summed E-state index contributed by atoms with van der Waals surface area (Å²) in [5.41, 5.74) is 0.111. The number of hydrogen-bond donors (Lipinski definition) is 4. The highest BCUT2D eigenvalue weighted by molar-refractivity contribution is 6.02. The molecule has 9 heteroatoms. The Labute approximate surface area is 216 Å². The van der Waals surface area contributed by atoms with Crippen LogP contribution in [0, 0.1) is 22.7 Å². The SMILES string of the molecule is C[C@H]1CC[C@@H]2C(C)(C)[C@@H](O)CC[C@]2(C)[C@]12Cc1c(cc3c(c1O)CN([C@H](CCC(=O)O)C(=O)O)C3=O)O2. The van der Waals surface area contributed by atoms with Crippen LogP contribution in [0.4, 0.5) is 0 Å². The number of aliphatic carboxylic acids is 2. The van der Waals surface area contributed by atoms with E-state index < -0.39 is 29.5 Å². The Morgan fingerprint density at radius 2 is 1.86 bits per heavy atom. The second kappa shape index (κ2) is 8.35.